The lowest BCUT2D eigenvalue weighted by Gasteiger charge is -2.08. The number of nitrogens with zero attached hydrogens (tertiary/aromatic N) is 1. The number of aryl methyl sites for hydroxylation is 2. The molecule has 0 fully saturated rings. The summed E-state index contributed by atoms with van der Waals surface area (Å²) in [5.74, 6) is 0. The van der Waals surface area contributed by atoms with Crippen molar-refractivity contribution in [1.29, 1.82) is 0 Å². The molecule has 2 heterocycles. The number of alkyl halides is 3. The average molecular weight is 415 g/mol. The van der Waals surface area contributed by atoms with Crippen molar-refractivity contribution in [3.8, 4) is 10.6 Å². The van der Waals surface area contributed by atoms with Gasteiger partial charge in [0.15, 0.2) is 0 Å². The van der Waals surface area contributed by atoms with Crippen LogP contribution in [0.2, 0.25) is 0 Å². The summed E-state index contributed by atoms with van der Waals surface area (Å²) < 4.78 is 66.0. The highest BCUT2D eigenvalue weighted by Crippen LogP contribution is 2.36. The zero-order valence-corrected chi connectivity index (χ0v) is 16.0. The maximum absolute atomic E-state index is 12.7. The van der Waals surface area contributed by atoms with Crippen LogP contribution in [-0.4, -0.2) is 18.6 Å². The lowest BCUT2D eigenvalue weighted by Crippen LogP contribution is -2.13. The molecular formula is C17H16F3N3O2S2. The van der Waals surface area contributed by atoms with Gasteiger partial charge >= 0.3 is 6.18 Å². The lowest BCUT2D eigenvalue weighted by atomic mass is 10.2. The van der Waals surface area contributed by atoms with E-state index < -0.39 is 21.9 Å². The molecule has 5 nitrogen and oxygen atoms in total. The van der Waals surface area contributed by atoms with Crippen molar-refractivity contribution in [3.63, 3.8) is 0 Å². The van der Waals surface area contributed by atoms with E-state index in [-0.39, 0.29) is 10.6 Å². The zero-order chi connectivity index (χ0) is 19.8. The van der Waals surface area contributed by atoms with Gasteiger partial charge in [0.2, 0.25) is 0 Å². The van der Waals surface area contributed by atoms with Crippen LogP contribution in [-0.2, 0) is 22.6 Å². The maximum Gasteiger partial charge on any atom is 0.432 e. The maximum atomic E-state index is 12.7. The second kappa shape index (κ2) is 7.01. The number of hydrogen-bond acceptors (Lipinski definition) is 4. The summed E-state index contributed by atoms with van der Waals surface area (Å²) in [7, 11) is -3.87. The Bertz CT molecular complexity index is 1050. The number of aromatic amines is 1. The van der Waals surface area contributed by atoms with Gasteiger partial charge in [-0.2, -0.15) is 18.3 Å². The quantitative estimate of drug-likeness (QED) is 0.627. The minimum absolute atomic E-state index is 0.0126. The highest BCUT2D eigenvalue weighted by molar-refractivity contribution is 7.93. The van der Waals surface area contributed by atoms with E-state index in [0.717, 1.165) is 29.4 Å². The summed E-state index contributed by atoms with van der Waals surface area (Å²) in [6.45, 7) is 3.59. The van der Waals surface area contributed by atoms with Crippen LogP contribution in [0.5, 0.6) is 0 Å². The van der Waals surface area contributed by atoms with E-state index in [4.69, 9.17) is 0 Å². The van der Waals surface area contributed by atoms with Crippen LogP contribution < -0.4 is 4.72 Å². The summed E-state index contributed by atoms with van der Waals surface area (Å²) >= 11 is 1.07. The molecule has 0 atom stereocenters. The van der Waals surface area contributed by atoms with Gasteiger partial charge < -0.3 is 0 Å². The monoisotopic (exact) mass is 415 g/mol. The van der Waals surface area contributed by atoms with E-state index in [2.05, 4.69) is 9.82 Å². The number of nitrogens with one attached hydrogen (secondary N) is 2. The van der Waals surface area contributed by atoms with E-state index in [0.29, 0.717) is 15.4 Å². The van der Waals surface area contributed by atoms with Crippen LogP contribution in [0.3, 0.4) is 0 Å². The average Bonchev–Trinajstić information content (AvgIpc) is 3.22. The molecular weight excluding hydrogens is 399 g/mol. The third kappa shape index (κ3) is 4.16. The van der Waals surface area contributed by atoms with Gasteiger partial charge in [-0.25, -0.2) is 8.42 Å². The SMILES string of the molecule is CCc1ccc(NS(=O)(=O)c2cc(-c3cc(C(F)(F)F)[nH]n3)sc2C)cc1. The number of H-pyrrole nitrogens is 1. The Morgan fingerprint density at radius 1 is 1.19 bits per heavy atom. The van der Waals surface area contributed by atoms with Crippen LogP contribution in [0, 0.1) is 6.92 Å². The highest BCUT2D eigenvalue weighted by Gasteiger charge is 2.33. The lowest BCUT2D eigenvalue weighted by molar-refractivity contribution is -0.141. The van der Waals surface area contributed by atoms with Crippen molar-refractivity contribution >= 4 is 27.0 Å². The number of anilines is 1. The van der Waals surface area contributed by atoms with Crippen LogP contribution in [0.4, 0.5) is 18.9 Å². The normalized spacial score (nSPS) is 12.3. The van der Waals surface area contributed by atoms with Crippen LogP contribution in [0.15, 0.2) is 41.3 Å². The molecule has 2 aromatic heterocycles. The third-order valence-corrected chi connectivity index (χ3v) is 6.62. The standard InChI is InChI=1S/C17H16F3N3O2S2/c1-3-11-4-6-12(7-5-11)23-27(24,25)15-9-14(26-10(15)2)13-8-16(22-21-13)17(18,19)20/h4-9,23H,3H2,1-2H3,(H,21,22). The Morgan fingerprint density at radius 3 is 2.41 bits per heavy atom. The number of rotatable bonds is 5. The fourth-order valence-corrected chi connectivity index (χ4v) is 5.08. The summed E-state index contributed by atoms with van der Waals surface area (Å²) in [6, 6.07) is 9.18. The van der Waals surface area contributed by atoms with Crippen molar-refractivity contribution in [2.45, 2.75) is 31.3 Å². The molecule has 2 N–H and O–H groups in total. The molecule has 0 saturated carbocycles. The minimum atomic E-state index is -4.54. The van der Waals surface area contributed by atoms with Gasteiger partial charge in [0.05, 0.1) is 4.88 Å². The first kappa shape index (κ1) is 19.4. The highest BCUT2D eigenvalue weighted by atomic mass is 32.2. The first-order valence-electron chi connectivity index (χ1n) is 7.95. The van der Waals surface area contributed by atoms with Gasteiger partial charge in [0.1, 0.15) is 16.3 Å². The predicted octanol–water partition coefficient (Wildman–Crippen LogP) is 4.83. The Hall–Kier alpha value is -2.33. The minimum Gasteiger partial charge on any atom is -0.280 e. The van der Waals surface area contributed by atoms with E-state index in [1.54, 1.807) is 19.1 Å². The Kier molecular flexibility index (Phi) is 5.04. The molecule has 0 saturated heterocycles. The van der Waals surface area contributed by atoms with Crippen LogP contribution in [0.25, 0.3) is 10.6 Å². The third-order valence-electron chi connectivity index (χ3n) is 3.91. The topological polar surface area (TPSA) is 74.8 Å². The van der Waals surface area contributed by atoms with Gasteiger partial charge in [0.25, 0.3) is 10.0 Å². The summed E-state index contributed by atoms with van der Waals surface area (Å²) in [4.78, 5) is 0.804. The Balaban J connectivity index is 1.89. The number of halogens is 3. The molecule has 1 aromatic carbocycles. The van der Waals surface area contributed by atoms with Crippen molar-refractivity contribution < 1.29 is 21.6 Å². The zero-order valence-electron chi connectivity index (χ0n) is 14.4. The molecule has 0 spiro atoms. The predicted molar refractivity (Wildman–Crippen MR) is 98.3 cm³/mol. The van der Waals surface area contributed by atoms with Gasteiger partial charge in [-0.3, -0.25) is 9.82 Å². The molecule has 144 valence electrons. The molecule has 3 rings (SSSR count). The van der Waals surface area contributed by atoms with E-state index in [1.807, 2.05) is 24.2 Å². The van der Waals surface area contributed by atoms with Gasteiger partial charge in [-0.15, -0.1) is 11.3 Å². The molecule has 0 aliphatic rings. The molecule has 27 heavy (non-hydrogen) atoms. The van der Waals surface area contributed by atoms with Gasteiger partial charge in [-0.05, 0) is 43.2 Å². The number of benzene rings is 1. The molecule has 0 aliphatic heterocycles. The van der Waals surface area contributed by atoms with Gasteiger partial charge in [0, 0.05) is 10.6 Å². The molecule has 0 bridgehead atoms. The summed E-state index contributed by atoms with van der Waals surface area (Å²) in [5.41, 5.74) is 0.552. The number of sulfonamides is 1. The molecule has 0 radical (unpaired) electrons. The Morgan fingerprint density at radius 2 is 1.85 bits per heavy atom. The molecule has 0 unspecified atom stereocenters. The van der Waals surface area contributed by atoms with E-state index in [1.165, 1.54) is 6.07 Å². The van der Waals surface area contributed by atoms with Gasteiger partial charge in [-0.1, -0.05) is 19.1 Å². The fraction of sp³-hybridized carbons (Fsp3) is 0.235. The number of thiophene rings is 1. The first-order valence-corrected chi connectivity index (χ1v) is 10.3. The second-order valence-electron chi connectivity index (χ2n) is 5.85. The summed E-state index contributed by atoms with van der Waals surface area (Å²) in [5, 5.41) is 5.57. The van der Waals surface area contributed by atoms with Crippen molar-refractivity contribution in [2.24, 2.45) is 0 Å². The van der Waals surface area contributed by atoms with Crippen molar-refractivity contribution in [3.05, 3.63) is 52.5 Å². The molecule has 0 aliphatic carbocycles. The van der Waals surface area contributed by atoms with Crippen LogP contribution in [0.1, 0.15) is 23.1 Å². The molecule has 0 amide bonds. The van der Waals surface area contributed by atoms with E-state index >= 15 is 0 Å². The molecule has 10 heteroatoms. The Labute approximate surface area is 158 Å². The first-order chi connectivity index (χ1) is 12.6. The smallest absolute Gasteiger partial charge is 0.280 e. The number of hydrogen-bond donors (Lipinski definition) is 2. The number of aromatic nitrogens is 2. The van der Waals surface area contributed by atoms with Crippen molar-refractivity contribution in [2.75, 3.05) is 4.72 Å². The second-order valence-corrected chi connectivity index (χ2v) is 8.76. The summed E-state index contributed by atoms with van der Waals surface area (Å²) in [6.07, 6.45) is -3.71. The fourth-order valence-electron chi connectivity index (χ4n) is 2.47. The van der Waals surface area contributed by atoms with Crippen LogP contribution >= 0.6 is 11.3 Å². The molecule has 3 aromatic rings. The largest absolute Gasteiger partial charge is 0.432 e. The van der Waals surface area contributed by atoms with Crippen molar-refractivity contribution in [1.82, 2.24) is 10.2 Å². The van der Waals surface area contributed by atoms with E-state index in [9.17, 15) is 21.6 Å².